The van der Waals surface area contributed by atoms with Gasteiger partial charge in [0.2, 0.25) is 0 Å². The fourth-order valence-corrected chi connectivity index (χ4v) is 1.00. The van der Waals surface area contributed by atoms with Gasteiger partial charge in [-0.1, -0.05) is 0 Å². The Morgan fingerprint density at radius 1 is 1.75 bits per heavy atom. The molecule has 1 saturated heterocycles. The zero-order valence-electron chi connectivity index (χ0n) is 4.26. The van der Waals surface area contributed by atoms with E-state index in [9.17, 15) is 4.79 Å². The highest BCUT2D eigenvalue weighted by Crippen LogP contribution is 2.08. The Labute approximate surface area is 61.5 Å². The van der Waals surface area contributed by atoms with Crippen LogP contribution in [-0.4, -0.2) is 22.4 Å². The van der Waals surface area contributed by atoms with Crippen molar-refractivity contribution in [2.75, 3.05) is 13.2 Å². The molecule has 0 aromatic rings. The van der Waals surface area contributed by atoms with E-state index in [1.807, 2.05) is 22.9 Å². The number of carbonyl (C=O) groups excluding carboxylic acids is 1. The molecule has 1 heterocycles. The molecule has 1 rings (SSSR count). The monoisotopic (exact) mass is 227 g/mol. The van der Waals surface area contributed by atoms with E-state index in [4.69, 9.17) is 0 Å². The molecule has 0 aliphatic carbocycles. The second-order valence-electron chi connectivity index (χ2n) is 1.55. The first-order valence-corrected chi connectivity index (χ1v) is 3.37. The Hall–Kier alpha value is 0. The van der Waals surface area contributed by atoms with Crippen LogP contribution in [-0.2, 0) is 4.74 Å². The van der Waals surface area contributed by atoms with Crippen LogP contribution in [0.15, 0.2) is 0 Å². The molecule has 0 N–H and O–H groups in total. The largest absolute Gasteiger partial charge is 0.449 e. The molecule has 0 spiro atoms. The number of rotatable bonds is 0. The summed E-state index contributed by atoms with van der Waals surface area (Å²) in [5.41, 5.74) is 0. The molecule has 8 heavy (non-hydrogen) atoms. The first-order valence-electron chi connectivity index (χ1n) is 2.41. The lowest BCUT2D eigenvalue weighted by molar-refractivity contribution is 0.109. The standard InChI is InChI=1S/C4H6INO2/c5-6-2-1-3-8-4(6)7/h1-3H2. The maximum atomic E-state index is 10.5. The molecule has 0 atom stereocenters. The van der Waals surface area contributed by atoms with Crippen molar-refractivity contribution in [3.05, 3.63) is 0 Å². The van der Waals surface area contributed by atoms with Gasteiger partial charge < -0.3 is 4.74 Å². The van der Waals surface area contributed by atoms with Gasteiger partial charge in [-0.25, -0.2) is 7.91 Å². The van der Waals surface area contributed by atoms with E-state index in [1.165, 1.54) is 0 Å². The van der Waals surface area contributed by atoms with E-state index in [0.717, 1.165) is 13.0 Å². The molecule has 1 fully saturated rings. The topological polar surface area (TPSA) is 29.5 Å². The SMILES string of the molecule is O=C1OCCCN1I. The molecular weight excluding hydrogens is 221 g/mol. The van der Waals surface area contributed by atoms with Crippen LogP contribution in [0.1, 0.15) is 6.42 Å². The van der Waals surface area contributed by atoms with Gasteiger partial charge in [0.05, 0.1) is 29.5 Å². The van der Waals surface area contributed by atoms with Crippen LogP contribution in [0.4, 0.5) is 4.79 Å². The summed E-state index contributed by atoms with van der Waals surface area (Å²) in [6, 6.07) is 0. The third kappa shape index (κ3) is 1.24. The lowest BCUT2D eigenvalue weighted by Gasteiger charge is -2.18. The Morgan fingerprint density at radius 3 is 2.88 bits per heavy atom. The molecule has 1 amide bonds. The van der Waals surface area contributed by atoms with Gasteiger partial charge in [-0.15, -0.1) is 0 Å². The quantitative estimate of drug-likeness (QED) is 0.459. The molecule has 46 valence electrons. The van der Waals surface area contributed by atoms with E-state index >= 15 is 0 Å². The molecule has 0 aromatic heterocycles. The highest BCUT2D eigenvalue weighted by Gasteiger charge is 2.15. The molecule has 1 aliphatic rings. The molecule has 3 nitrogen and oxygen atoms in total. The van der Waals surface area contributed by atoms with Gasteiger partial charge >= 0.3 is 6.09 Å². The molecular formula is C4H6INO2. The average Bonchev–Trinajstić information content (AvgIpc) is 1.77. The third-order valence-corrected chi connectivity index (χ3v) is 1.80. The maximum absolute atomic E-state index is 10.5. The Morgan fingerprint density at radius 2 is 2.50 bits per heavy atom. The number of halogens is 1. The summed E-state index contributed by atoms with van der Waals surface area (Å²) in [5, 5.41) is 0. The van der Waals surface area contributed by atoms with Crippen LogP contribution in [0.25, 0.3) is 0 Å². The second kappa shape index (κ2) is 2.52. The van der Waals surface area contributed by atoms with E-state index in [2.05, 4.69) is 4.74 Å². The molecule has 0 unspecified atom stereocenters. The van der Waals surface area contributed by atoms with E-state index < -0.39 is 0 Å². The van der Waals surface area contributed by atoms with Crippen molar-refractivity contribution >= 4 is 29.0 Å². The third-order valence-electron chi connectivity index (χ3n) is 0.922. The number of amides is 1. The van der Waals surface area contributed by atoms with Crippen LogP contribution < -0.4 is 0 Å². The van der Waals surface area contributed by atoms with Gasteiger partial charge in [0.15, 0.2) is 0 Å². The van der Waals surface area contributed by atoms with Crippen LogP contribution in [0.3, 0.4) is 0 Å². The summed E-state index contributed by atoms with van der Waals surface area (Å²) in [6.07, 6.45) is 0.742. The van der Waals surface area contributed by atoms with Gasteiger partial charge in [0.25, 0.3) is 0 Å². The minimum absolute atomic E-state index is 0.211. The fraction of sp³-hybridized carbons (Fsp3) is 0.750. The van der Waals surface area contributed by atoms with Gasteiger partial charge in [-0.05, 0) is 0 Å². The normalized spacial score (nSPS) is 20.6. The number of hydrogen-bond acceptors (Lipinski definition) is 2. The Kier molecular flexibility index (Phi) is 1.93. The number of hydrogen-bond donors (Lipinski definition) is 0. The van der Waals surface area contributed by atoms with Crippen molar-refractivity contribution in [2.45, 2.75) is 6.42 Å². The van der Waals surface area contributed by atoms with Crippen LogP contribution >= 0.6 is 22.9 Å². The average molecular weight is 227 g/mol. The lowest BCUT2D eigenvalue weighted by Crippen LogP contribution is -2.29. The van der Waals surface area contributed by atoms with Crippen LogP contribution in [0.2, 0.25) is 0 Å². The summed E-state index contributed by atoms with van der Waals surface area (Å²) in [4.78, 5) is 10.5. The minimum Gasteiger partial charge on any atom is -0.449 e. The molecule has 4 heteroatoms. The molecule has 0 bridgehead atoms. The highest BCUT2D eigenvalue weighted by molar-refractivity contribution is 14.1. The van der Waals surface area contributed by atoms with Crippen molar-refractivity contribution in [1.82, 2.24) is 3.11 Å². The fourth-order valence-electron chi connectivity index (χ4n) is 0.524. The first-order chi connectivity index (χ1) is 3.80. The van der Waals surface area contributed by atoms with Crippen LogP contribution in [0, 0.1) is 0 Å². The second-order valence-corrected chi connectivity index (χ2v) is 2.72. The Balaban J connectivity index is 2.39. The summed E-state index contributed by atoms with van der Waals surface area (Å²) in [6.45, 7) is 1.40. The highest BCUT2D eigenvalue weighted by atomic mass is 127. The lowest BCUT2D eigenvalue weighted by atomic mass is 10.4. The number of nitrogens with zero attached hydrogens (tertiary/aromatic N) is 1. The summed E-state index contributed by atoms with van der Waals surface area (Å²) in [7, 11) is 0. The predicted octanol–water partition coefficient (Wildman–Crippen LogP) is 1.18. The summed E-state index contributed by atoms with van der Waals surface area (Å²) >= 11 is 1.94. The summed E-state index contributed by atoms with van der Waals surface area (Å²) < 4.78 is 6.21. The van der Waals surface area contributed by atoms with Gasteiger partial charge in [0, 0.05) is 13.0 Å². The van der Waals surface area contributed by atoms with E-state index in [1.54, 1.807) is 3.11 Å². The molecule has 0 aromatic carbocycles. The van der Waals surface area contributed by atoms with E-state index in [0.29, 0.717) is 6.61 Å². The van der Waals surface area contributed by atoms with Gasteiger partial charge in [-0.2, -0.15) is 0 Å². The van der Waals surface area contributed by atoms with Gasteiger partial charge in [0.1, 0.15) is 0 Å². The van der Waals surface area contributed by atoms with Gasteiger partial charge in [-0.3, -0.25) is 0 Å². The first kappa shape index (κ1) is 6.12. The smallest absolute Gasteiger partial charge is 0.418 e. The van der Waals surface area contributed by atoms with Crippen molar-refractivity contribution in [1.29, 1.82) is 0 Å². The zero-order chi connectivity index (χ0) is 5.98. The van der Waals surface area contributed by atoms with E-state index in [-0.39, 0.29) is 6.09 Å². The van der Waals surface area contributed by atoms with Crippen molar-refractivity contribution < 1.29 is 9.53 Å². The zero-order valence-corrected chi connectivity index (χ0v) is 6.42. The number of cyclic esters (lactones) is 1. The van der Waals surface area contributed by atoms with Crippen LogP contribution in [0.5, 0.6) is 0 Å². The predicted molar refractivity (Wildman–Crippen MR) is 36.7 cm³/mol. The van der Waals surface area contributed by atoms with Crippen molar-refractivity contribution in [3.63, 3.8) is 0 Å². The molecule has 1 aliphatic heterocycles. The Bertz CT molecular complexity index is 106. The minimum atomic E-state index is -0.211. The molecule has 0 saturated carbocycles. The number of carbonyl (C=O) groups is 1. The van der Waals surface area contributed by atoms with Crippen molar-refractivity contribution in [3.8, 4) is 0 Å². The number of ether oxygens (including phenoxy) is 1. The maximum Gasteiger partial charge on any atom is 0.418 e. The molecule has 0 radical (unpaired) electrons. The summed E-state index contributed by atoms with van der Waals surface area (Å²) in [5.74, 6) is 0. The van der Waals surface area contributed by atoms with Crippen molar-refractivity contribution in [2.24, 2.45) is 0 Å².